The van der Waals surface area contributed by atoms with Crippen molar-refractivity contribution in [1.82, 2.24) is 19.5 Å². The molecule has 0 aliphatic carbocycles. The average Bonchev–Trinajstić information content (AvgIpc) is 2.76. The van der Waals surface area contributed by atoms with Crippen molar-refractivity contribution in [2.75, 3.05) is 5.75 Å². The van der Waals surface area contributed by atoms with Crippen molar-refractivity contribution in [2.45, 2.75) is 6.92 Å². The number of fused-ring (bicyclic) bond motifs is 1. The number of aromatic nitrogens is 4. The Morgan fingerprint density at radius 3 is 2.84 bits per heavy atom. The first-order chi connectivity index (χ1) is 8.99. The first-order valence-corrected chi connectivity index (χ1v) is 6.46. The average molecular weight is 280 g/mol. The summed E-state index contributed by atoms with van der Waals surface area (Å²) in [5.74, 6) is 0.993. The lowest BCUT2D eigenvalue weighted by Crippen LogP contribution is -2.28. The Morgan fingerprint density at radius 1 is 1.42 bits per heavy atom. The predicted molar refractivity (Wildman–Crippen MR) is 74.1 cm³/mol. The van der Waals surface area contributed by atoms with E-state index in [-0.39, 0.29) is 10.6 Å². The van der Waals surface area contributed by atoms with Gasteiger partial charge in [0.1, 0.15) is 11.3 Å². The fourth-order valence-corrected chi connectivity index (χ4v) is 1.95. The van der Waals surface area contributed by atoms with Crippen molar-refractivity contribution in [2.24, 2.45) is 7.05 Å². The largest absolute Gasteiger partial charge is 0.333 e. The molecule has 2 aromatic rings. The maximum atomic E-state index is 11.6. The highest BCUT2D eigenvalue weighted by Gasteiger charge is 2.08. The fourth-order valence-electron chi connectivity index (χ4n) is 1.53. The van der Waals surface area contributed by atoms with E-state index in [2.05, 4.69) is 15.0 Å². The van der Waals surface area contributed by atoms with Crippen LogP contribution < -0.4 is 11.2 Å². The molecule has 8 heteroatoms. The summed E-state index contributed by atoms with van der Waals surface area (Å²) in [6, 6.07) is 0. The lowest BCUT2D eigenvalue weighted by Gasteiger charge is -1.94. The van der Waals surface area contributed by atoms with Gasteiger partial charge < -0.3 is 4.98 Å². The Balaban J connectivity index is 2.35. The van der Waals surface area contributed by atoms with E-state index in [1.54, 1.807) is 12.2 Å². The molecular formula is C11H12N4O3S. The van der Waals surface area contributed by atoms with Gasteiger partial charge in [0.2, 0.25) is 0 Å². The highest BCUT2D eigenvalue weighted by Crippen LogP contribution is 2.07. The standard InChI is InChI=1S/C11H12N4O3S/c1-6(16)19-5-3-4-7-12-8-9(13-7)15(2)11(18)14-10(8)17/h3-4H,5H2,1-2H3,(H,12,13)(H,14,17,18). The number of hydrogen-bond donors (Lipinski definition) is 2. The van der Waals surface area contributed by atoms with Crippen molar-refractivity contribution in [3.63, 3.8) is 0 Å². The van der Waals surface area contributed by atoms with Gasteiger partial charge in [-0.25, -0.2) is 9.78 Å². The molecule has 0 saturated carbocycles. The molecule has 0 amide bonds. The zero-order valence-electron chi connectivity index (χ0n) is 10.4. The Labute approximate surface area is 111 Å². The molecular weight excluding hydrogens is 268 g/mol. The molecule has 2 rings (SSSR count). The Morgan fingerprint density at radius 2 is 2.16 bits per heavy atom. The minimum atomic E-state index is -0.508. The molecule has 7 nitrogen and oxygen atoms in total. The number of nitrogens with one attached hydrogen (secondary N) is 2. The smallest absolute Gasteiger partial charge is 0.329 e. The molecule has 0 atom stereocenters. The molecule has 0 unspecified atom stereocenters. The van der Waals surface area contributed by atoms with Gasteiger partial charge in [-0.15, -0.1) is 0 Å². The summed E-state index contributed by atoms with van der Waals surface area (Å²) in [5.41, 5.74) is -0.455. The van der Waals surface area contributed by atoms with E-state index < -0.39 is 11.2 Å². The normalized spacial score (nSPS) is 11.5. The summed E-state index contributed by atoms with van der Waals surface area (Å²) in [6.07, 6.45) is 3.43. The second kappa shape index (κ2) is 5.27. The van der Waals surface area contributed by atoms with Crippen molar-refractivity contribution in [1.29, 1.82) is 0 Å². The molecule has 0 aliphatic rings. The lowest BCUT2D eigenvalue weighted by atomic mass is 10.5. The SMILES string of the molecule is CC(=O)SCC=Cc1nc2c([nH]1)c(=O)[nH]c(=O)n2C. The summed E-state index contributed by atoms with van der Waals surface area (Å²) < 4.78 is 1.26. The molecule has 0 saturated heterocycles. The number of hydrogen-bond acceptors (Lipinski definition) is 5. The van der Waals surface area contributed by atoms with Crippen LogP contribution in [-0.4, -0.2) is 30.4 Å². The minimum Gasteiger partial charge on any atom is -0.333 e. The van der Waals surface area contributed by atoms with Crippen molar-refractivity contribution in [3.8, 4) is 0 Å². The third-order valence-corrected chi connectivity index (χ3v) is 3.20. The Bertz CT molecular complexity index is 768. The van der Waals surface area contributed by atoms with Gasteiger partial charge in [-0.3, -0.25) is 19.1 Å². The number of nitrogens with zero attached hydrogens (tertiary/aromatic N) is 2. The van der Waals surface area contributed by atoms with Crippen LogP contribution in [0.4, 0.5) is 0 Å². The second-order valence-electron chi connectivity index (χ2n) is 3.84. The summed E-state index contributed by atoms with van der Waals surface area (Å²) >= 11 is 1.18. The molecule has 0 aliphatic heterocycles. The second-order valence-corrected chi connectivity index (χ2v) is 5.04. The van der Waals surface area contributed by atoms with Crippen LogP contribution in [-0.2, 0) is 11.8 Å². The zero-order valence-corrected chi connectivity index (χ0v) is 11.2. The van der Waals surface area contributed by atoms with Crippen LogP contribution in [0.2, 0.25) is 0 Å². The molecule has 2 heterocycles. The van der Waals surface area contributed by atoms with Gasteiger partial charge in [-0.05, 0) is 6.08 Å². The van der Waals surface area contributed by atoms with Crippen molar-refractivity contribution < 1.29 is 4.79 Å². The maximum Gasteiger partial charge on any atom is 0.329 e. The Kier molecular flexibility index (Phi) is 3.70. The highest BCUT2D eigenvalue weighted by atomic mass is 32.2. The summed E-state index contributed by atoms with van der Waals surface area (Å²) in [5, 5.41) is 0.0353. The van der Waals surface area contributed by atoms with Gasteiger partial charge in [-0.1, -0.05) is 17.8 Å². The number of carbonyl (C=O) groups excluding carboxylic acids is 1. The third kappa shape index (κ3) is 2.84. The van der Waals surface area contributed by atoms with E-state index in [4.69, 9.17) is 0 Å². The number of H-pyrrole nitrogens is 2. The van der Waals surface area contributed by atoms with Crippen LogP contribution in [0.3, 0.4) is 0 Å². The molecule has 0 radical (unpaired) electrons. The predicted octanol–water partition coefficient (Wildman–Crippen LogP) is 0.243. The van der Waals surface area contributed by atoms with E-state index >= 15 is 0 Å². The molecule has 2 aromatic heterocycles. The minimum absolute atomic E-state index is 0.0353. The van der Waals surface area contributed by atoms with Gasteiger partial charge in [0, 0.05) is 19.7 Å². The molecule has 100 valence electrons. The van der Waals surface area contributed by atoms with Gasteiger partial charge in [-0.2, -0.15) is 0 Å². The van der Waals surface area contributed by atoms with Gasteiger partial charge in [0.15, 0.2) is 10.8 Å². The van der Waals surface area contributed by atoms with Crippen molar-refractivity contribution >= 4 is 34.1 Å². The van der Waals surface area contributed by atoms with Crippen molar-refractivity contribution in [3.05, 3.63) is 32.7 Å². The van der Waals surface area contributed by atoms with E-state index in [1.165, 1.54) is 30.3 Å². The number of rotatable bonds is 3. The summed E-state index contributed by atoms with van der Waals surface area (Å²) in [4.78, 5) is 42.9. The zero-order chi connectivity index (χ0) is 14.0. The molecule has 0 spiro atoms. The number of aromatic amines is 2. The highest BCUT2D eigenvalue weighted by molar-refractivity contribution is 8.13. The van der Waals surface area contributed by atoms with Crippen LogP contribution >= 0.6 is 11.8 Å². The Hall–Kier alpha value is -2.09. The topological polar surface area (TPSA) is 101 Å². The van der Waals surface area contributed by atoms with Crippen LogP contribution in [0.15, 0.2) is 15.7 Å². The van der Waals surface area contributed by atoms with E-state index in [0.29, 0.717) is 17.2 Å². The molecule has 19 heavy (non-hydrogen) atoms. The number of thioether (sulfide) groups is 1. The molecule has 0 fully saturated rings. The number of aryl methyl sites for hydroxylation is 1. The van der Waals surface area contributed by atoms with Gasteiger partial charge >= 0.3 is 5.69 Å². The third-order valence-electron chi connectivity index (χ3n) is 2.43. The van der Waals surface area contributed by atoms with Crippen LogP contribution in [0.25, 0.3) is 17.2 Å². The maximum absolute atomic E-state index is 11.6. The first kappa shape index (κ1) is 13.3. The van der Waals surface area contributed by atoms with E-state index in [9.17, 15) is 14.4 Å². The van der Waals surface area contributed by atoms with Crippen LogP contribution in [0, 0.1) is 0 Å². The number of imidazole rings is 1. The molecule has 2 N–H and O–H groups in total. The van der Waals surface area contributed by atoms with Crippen LogP contribution in [0.5, 0.6) is 0 Å². The summed E-state index contributed by atoms with van der Waals surface area (Å²) in [6.45, 7) is 1.50. The summed E-state index contributed by atoms with van der Waals surface area (Å²) in [7, 11) is 1.53. The first-order valence-electron chi connectivity index (χ1n) is 5.48. The fraction of sp³-hybridized carbons (Fsp3) is 0.273. The molecule has 0 bridgehead atoms. The van der Waals surface area contributed by atoms with E-state index in [0.717, 1.165) is 0 Å². The molecule has 0 aromatic carbocycles. The van der Waals surface area contributed by atoms with Crippen LogP contribution in [0.1, 0.15) is 12.7 Å². The monoisotopic (exact) mass is 280 g/mol. The number of carbonyl (C=O) groups is 1. The van der Waals surface area contributed by atoms with Gasteiger partial charge in [0.05, 0.1) is 0 Å². The van der Waals surface area contributed by atoms with Gasteiger partial charge in [0.25, 0.3) is 5.56 Å². The lowest BCUT2D eigenvalue weighted by molar-refractivity contribution is -0.109. The van der Waals surface area contributed by atoms with E-state index in [1.807, 2.05) is 0 Å². The quantitative estimate of drug-likeness (QED) is 0.839.